The second kappa shape index (κ2) is 6.68. The van der Waals surface area contributed by atoms with Crippen LogP contribution in [0.1, 0.15) is 65.2 Å². The van der Waals surface area contributed by atoms with E-state index in [4.69, 9.17) is 9.47 Å². The smallest absolute Gasteiger partial charge is 0.177 e. The van der Waals surface area contributed by atoms with E-state index >= 15 is 0 Å². The second-order valence-corrected chi connectivity index (χ2v) is 11.0. The van der Waals surface area contributed by atoms with Crippen LogP contribution >= 0.6 is 0 Å². The number of hydrogen-bond acceptors (Lipinski definition) is 4. The summed E-state index contributed by atoms with van der Waals surface area (Å²) in [6.07, 6.45) is 16.5. The highest BCUT2D eigenvalue weighted by molar-refractivity contribution is 5.96. The minimum absolute atomic E-state index is 0.0829. The predicted molar refractivity (Wildman–Crippen MR) is 116 cm³/mol. The van der Waals surface area contributed by atoms with Gasteiger partial charge in [-0.15, -0.1) is 0 Å². The van der Waals surface area contributed by atoms with Crippen LogP contribution < -0.4 is 0 Å². The molecule has 30 heavy (non-hydrogen) atoms. The van der Waals surface area contributed by atoms with Crippen molar-refractivity contribution in [2.45, 2.75) is 77.1 Å². The minimum atomic E-state index is -0.163. The zero-order chi connectivity index (χ0) is 20.7. The largest absolute Gasteiger partial charge is 0.411 e. The van der Waals surface area contributed by atoms with Crippen LogP contribution in [0.15, 0.2) is 29.0 Å². The third-order valence-electron chi connectivity index (χ3n) is 10.5. The lowest BCUT2D eigenvalue weighted by atomic mass is 9.45. The average Bonchev–Trinajstić information content (AvgIpc) is 3.41. The first-order valence-electron chi connectivity index (χ1n) is 12.4. The summed E-state index contributed by atoms with van der Waals surface area (Å²) < 4.78 is 12.4. The zero-order valence-electron chi connectivity index (χ0n) is 18.7. The van der Waals surface area contributed by atoms with E-state index in [0.717, 1.165) is 41.7 Å². The van der Waals surface area contributed by atoms with Crippen LogP contribution in [0.4, 0.5) is 0 Å². The Morgan fingerprint density at radius 3 is 2.83 bits per heavy atom. The predicted octanol–water partition coefficient (Wildman–Crippen LogP) is 5.57. The molecule has 0 amide bonds. The lowest BCUT2D eigenvalue weighted by Crippen LogP contribution is -2.58. The molecule has 1 spiro atoms. The first-order chi connectivity index (χ1) is 14.6. The van der Waals surface area contributed by atoms with Gasteiger partial charge in [-0.1, -0.05) is 37.1 Å². The maximum atomic E-state index is 9.34. The Bertz CT molecular complexity index is 817. The van der Waals surface area contributed by atoms with Gasteiger partial charge in [-0.05, 0) is 98.5 Å². The third-order valence-corrected chi connectivity index (χ3v) is 10.5. The van der Waals surface area contributed by atoms with Gasteiger partial charge in [0.2, 0.25) is 0 Å². The second-order valence-electron chi connectivity index (χ2n) is 11.0. The molecule has 0 bridgehead atoms. The van der Waals surface area contributed by atoms with E-state index in [1.807, 2.05) is 0 Å². The summed E-state index contributed by atoms with van der Waals surface area (Å²) in [6.45, 7) is 4.83. The Labute approximate surface area is 180 Å². The van der Waals surface area contributed by atoms with Crippen molar-refractivity contribution in [2.75, 3.05) is 7.11 Å². The molecule has 4 fully saturated rings. The molecular weight excluding hydrogens is 374 g/mol. The number of rotatable bonds is 3. The zero-order valence-corrected chi connectivity index (χ0v) is 18.7. The molecule has 4 unspecified atom stereocenters. The Morgan fingerprint density at radius 1 is 1.27 bits per heavy atom. The number of allylic oxidation sites excluding steroid dienone is 2. The van der Waals surface area contributed by atoms with E-state index in [1.54, 1.807) is 12.7 Å². The number of nitrogens with zero attached hydrogens (tertiary/aromatic N) is 1. The van der Waals surface area contributed by atoms with Crippen LogP contribution in [-0.4, -0.2) is 29.9 Å². The van der Waals surface area contributed by atoms with Crippen LogP contribution in [0.3, 0.4) is 0 Å². The van der Waals surface area contributed by atoms with E-state index < -0.39 is 0 Å². The topological polar surface area (TPSA) is 51.1 Å². The Kier molecular flexibility index (Phi) is 4.35. The van der Waals surface area contributed by atoms with Gasteiger partial charge in [-0.25, -0.2) is 0 Å². The highest BCUT2D eigenvalue weighted by Crippen LogP contribution is 2.79. The van der Waals surface area contributed by atoms with Gasteiger partial charge >= 0.3 is 0 Å². The third kappa shape index (κ3) is 2.28. The van der Waals surface area contributed by atoms with Gasteiger partial charge in [0.1, 0.15) is 0 Å². The van der Waals surface area contributed by atoms with Gasteiger partial charge < -0.3 is 14.7 Å². The fraction of sp³-hybridized carbons (Fsp3) is 0.808. The summed E-state index contributed by atoms with van der Waals surface area (Å²) in [6, 6.07) is 0. The SMILES string of the molecule is CC[C@@H]1CC2=C/C(=N/O)CC[C@@H]2C2CC[C@@]3(CC)C(C21)[C@H]1C[C@H]1[C@@]31C=CC(OC)O1. The first-order valence-corrected chi connectivity index (χ1v) is 12.4. The van der Waals surface area contributed by atoms with E-state index in [9.17, 15) is 5.21 Å². The van der Waals surface area contributed by atoms with Gasteiger partial charge in [0.05, 0.1) is 11.3 Å². The molecule has 0 aromatic heterocycles. The van der Waals surface area contributed by atoms with E-state index in [0.29, 0.717) is 11.8 Å². The van der Waals surface area contributed by atoms with Crippen molar-refractivity contribution in [3.8, 4) is 0 Å². The Balaban J connectivity index is 1.40. The Morgan fingerprint density at radius 2 is 2.13 bits per heavy atom. The fourth-order valence-corrected chi connectivity index (χ4v) is 9.47. The fourth-order valence-electron chi connectivity index (χ4n) is 9.47. The molecule has 0 radical (unpaired) electrons. The first kappa shape index (κ1) is 19.5. The Hall–Kier alpha value is -1.13. The molecule has 0 aromatic rings. The van der Waals surface area contributed by atoms with E-state index in [1.165, 1.54) is 44.9 Å². The van der Waals surface area contributed by atoms with Gasteiger partial charge in [0, 0.05) is 12.5 Å². The van der Waals surface area contributed by atoms with Crippen molar-refractivity contribution in [2.24, 2.45) is 52.0 Å². The molecule has 1 aliphatic heterocycles. The van der Waals surface area contributed by atoms with E-state index in [-0.39, 0.29) is 17.3 Å². The number of methoxy groups -OCH3 is 1. The summed E-state index contributed by atoms with van der Waals surface area (Å²) in [5.74, 6) is 5.44. The van der Waals surface area contributed by atoms with Crippen molar-refractivity contribution in [1.29, 1.82) is 0 Å². The summed E-state index contributed by atoms with van der Waals surface area (Å²) in [5, 5.41) is 12.9. The van der Waals surface area contributed by atoms with Gasteiger partial charge in [0.15, 0.2) is 6.29 Å². The number of hydrogen-bond donors (Lipinski definition) is 1. The summed E-state index contributed by atoms with van der Waals surface area (Å²) >= 11 is 0. The van der Waals surface area contributed by atoms with E-state index in [2.05, 4.69) is 37.2 Å². The molecule has 164 valence electrons. The molecule has 1 N–H and O–H groups in total. The van der Waals surface area contributed by atoms with Crippen molar-refractivity contribution in [3.63, 3.8) is 0 Å². The molecule has 1 heterocycles. The summed E-state index contributed by atoms with van der Waals surface area (Å²) in [7, 11) is 1.77. The van der Waals surface area contributed by atoms with Gasteiger partial charge in [-0.2, -0.15) is 0 Å². The molecule has 4 saturated carbocycles. The molecule has 4 heteroatoms. The molecule has 6 aliphatic rings. The maximum absolute atomic E-state index is 9.34. The van der Waals surface area contributed by atoms with Crippen LogP contribution in [0, 0.1) is 46.8 Å². The monoisotopic (exact) mass is 411 g/mol. The lowest BCUT2D eigenvalue weighted by Gasteiger charge is -2.60. The van der Waals surface area contributed by atoms with Crippen LogP contribution in [0.2, 0.25) is 0 Å². The normalized spacial score (nSPS) is 54.5. The molecule has 4 nitrogen and oxygen atoms in total. The van der Waals surface area contributed by atoms with Crippen molar-refractivity contribution in [3.05, 3.63) is 23.8 Å². The quantitative estimate of drug-likeness (QED) is 0.375. The highest BCUT2D eigenvalue weighted by Gasteiger charge is 2.78. The molecule has 0 saturated heterocycles. The van der Waals surface area contributed by atoms with Crippen LogP contribution in [-0.2, 0) is 9.47 Å². The highest BCUT2D eigenvalue weighted by atomic mass is 16.7. The number of ether oxygens (including phenoxy) is 2. The lowest BCUT2D eigenvalue weighted by molar-refractivity contribution is -0.213. The van der Waals surface area contributed by atoms with Crippen LogP contribution in [0.25, 0.3) is 0 Å². The van der Waals surface area contributed by atoms with Crippen molar-refractivity contribution >= 4 is 5.71 Å². The minimum Gasteiger partial charge on any atom is -0.411 e. The van der Waals surface area contributed by atoms with Crippen molar-refractivity contribution in [1.82, 2.24) is 0 Å². The number of fused-ring (bicyclic) bond motifs is 9. The summed E-state index contributed by atoms with van der Waals surface area (Å²) in [4.78, 5) is 0. The van der Waals surface area contributed by atoms with Gasteiger partial charge in [0.25, 0.3) is 0 Å². The number of oxime groups is 1. The molecular formula is C26H37NO3. The van der Waals surface area contributed by atoms with Crippen LogP contribution in [0.5, 0.6) is 0 Å². The molecule has 6 rings (SSSR count). The standard InChI is InChI=1S/C26H37NO3/c1-4-15-12-16-13-17(27-28)6-7-18(16)19-8-10-25(5-2)24(23(15)19)20-14-21(20)26(25)11-9-22(29-3)30-26/h9,11,13,15,18-24,28H,4-8,10,12,14H2,1-3H3/b27-17+/t15-,18+,19?,20+,21-,22?,23?,24?,25+,26+/m1/s1. The summed E-state index contributed by atoms with van der Waals surface area (Å²) in [5.41, 5.74) is 2.68. The maximum Gasteiger partial charge on any atom is 0.177 e. The molecule has 10 atom stereocenters. The van der Waals surface area contributed by atoms with Crippen molar-refractivity contribution < 1.29 is 14.7 Å². The average molecular weight is 412 g/mol. The molecule has 0 aromatic carbocycles. The molecule has 5 aliphatic carbocycles. The van der Waals surface area contributed by atoms with Gasteiger partial charge in [-0.3, -0.25) is 0 Å².